The number of hydrogen-bond donors (Lipinski definition) is 1. The van der Waals surface area contributed by atoms with E-state index >= 15 is 0 Å². The summed E-state index contributed by atoms with van der Waals surface area (Å²) in [5, 5.41) is 10.6. The maximum atomic E-state index is 10.1. The molecule has 108 valence electrons. The Kier molecular flexibility index (Phi) is 3.61. The van der Waals surface area contributed by atoms with Crippen LogP contribution in [0.2, 0.25) is 5.15 Å². The molecule has 3 rings (SSSR count). The van der Waals surface area contributed by atoms with E-state index in [2.05, 4.69) is 23.7 Å². The number of pyridine rings is 1. The number of aromatic hydroxyl groups is 1. The molecule has 5 heteroatoms. The number of imidazole rings is 1. The van der Waals surface area contributed by atoms with Crippen LogP contribution in [0.15, 0.2) is 18.2 Å². The van der Waals surface area contributed by atoms with E-state index in [0.717, 1.165) is 37.3 Å². The van der Waals surface area contributed by atoms with E-state index in [1.54, 1.807) is 16.5 Å². The smallest absolute Gasteiger partial charge is 0.197 e. The van der Waals surface area contributed by atoms with Crippen LogP contribution in [-0.2, 0) is 0 Å². The number of fused-ring (bicyclic) bond motifs is 1. The second-order valence-corrected chi connectivity index (χ2v) is 6.13. The van der Waals surface area contributed by atoms with Gasteiger partial charge in [0.05, 0.1) is 5.52 Å². The van der Waals surface area contributed by atoms with Crippen LogP contribution < -0.4 is 0 Å². The largest absolute Gasteiger partial charge is 0.494 e. The number of hydrogen-bond acceptors (Lipinski definition) is 3. The summed E-state index contributed by atoms with van der Waals surface area (Å²) < 4.78 is 1.79. The van der Waals surface area contributed by atoms with Gasteiger partial charge < -0.3 is 10.0 Å². The SMILES string of the molecule is CC(C)N1CCC(c2nc(Cl)c3cccc(O)n23)CC1. The van der Waals surface area contributed by atoms with E-state index in [0.29, 0.717) is 17.1 Å². The van der Waals surface area contributed by atoms with Gasteiger partial charge in [0.2, 0.25) is 0 Å². The zero-order valence-electron chi connectivity index (χ0n) is 11.9. The lowest BCUT2D eigenvalue weighted by Gasteiger charge is -2.34. The van der Waals surface area contributed by atoms with Crippen molar-refractivity contribution in [2.75, 3.05) is 13.1 Å². The molecule has 1 saturated heterocycles. The number of piperidine rings is 1. The molecule has 20 heavy (non-hydrogen) atoms. The third-order valence-corrected chi connectivity index (χ3v) is 4.53. The molecule has 0 bridgehead atoms. The number of aromatic nitrogens is 2. The molecular weight excluding hydrogens is 274 g/mol. The van der Waals surface area contributed by atoms with Crippen LogP contribution in [0.1, 0.15) is 38.4 Å². The molecule has 0 amide bonds. The van der Waals surface area contributed by atoms with Crippen LogP contribution >= 0.6 is 11.6 Å². The maximum Gasteiger partial charge on any atom is 0.197 e. The first-order valence-corrected chi connectivity index (χ1v) is 7.55. The minimum atomic E-state index is 0.211. The summed E-state index contributed by atoms with van der Waals surface area (Å²) in [7, 11) is 0. The average Bonchev–Trinajstić information content (AvgIpc) is 2.78. The Balaban J connectivity index is 1.92. The monoisotopic (exact) mass is 293 g/mol. The fourth-order valence-electron chi connectivity index (χ4n) is 3.06. The highest BCUT2D eigenvalue weighted by Gasteiger charge is 2.26. The van der Waals surface area contributed by atoms with E-state index in [9.17, 15) is 5.11 Å². The van der Waals surface area contributed by atoms with Gasteiger partial charge in [-0.25, -0.2) is 4.98 Å². The van der Waals surface area contributed by atoms with Crippen LogP contribution in [-0.4, -0.2) is 38.5 Å². The van der Waals surface area contributed by atoms with E-state index in [-0.39, 0.29) is 5.88 Å². The van der Waals surface area contributed by atoms with Gasteiger partial charge in [-0.2, -0.15) is 0 Å². The van der Waals surface area contributed by atoms with Crippen molar-refractivity contribution < 1.29 is 5.11 Å². The van der Waals surface area contributed by atoms with Gasteiger partial charge in [0.25, 0.3) is 0 Å². The third kappa shape index (κ3) is 2.27. The van der Waals surface area contributed by atoms with Gasteiger partial charge >= 0.3 is 0 Å². The Hall–Kier alpha value is -1.26. The fraction of sp³-hybridized carbons (Fsp3) is 0.533. The van der Waals surface area contributed by atoms with Crippen molar-refractivity contribution in [3.05, 3.63) is 29.2 Å². The Bertz CT molecular complexity index is 615. The number of likely N-dealkylation sites (tertiary alicyclic amines) is 1. The molecule has 2 aromatic heterocycles. The molecule has 0 aromatic carbocycles. The third-order valence-electron chi connectivity index (χ3n) is 4.25. The molecule has 1 N–H and O–H groups in total. The standard InChI is InChI=1S/C15H20ClN3O/c1-10(2)18-8-6-11(7-9-18)15-17-14(16)12-4-3-5-13(20)19(12)15/h3-5,10-11,20H,6-9H2,1-2H3. The topological polar surface area (TPSA) is 40.8 Å². The Morgan fingerprint density at radius 2 is 2.00 bits per heavy atom. The first-order valence-electron chi connectivity index (χ1n) is 7.18. The van der Waals surface area contributed by atoms with Crippen molar-refractivity contribution in [2.45, 2.75) is 38.6 Å². The van der Waals surface area contributed by atoms with Crippen LogP contribution in [0.5, 0.6) is 5.88 Å². The van der Waals surface area contributed by atoms with Gasteiger partial charge in [-0.3, -0.25) is 4.40 Å². The van der Waals surface area contributed by atoms with Crippen LogP contribution in [0.4, 0.5) is 0 Å². The van der Waals surface area contributed by atoms with Gasteiger partial charge in [-0.1, -0.05) is 17.7 Å². The van der Waals surface area contributed by atoms with Gasteiger partial charge in [0.1, 0.15) is 5.82 Å². The quantitative estimate of drug-likeness (QED) is 0.924. The summed E-state index contributed by atoms with van der Waals surface area (Å²) in [6, 6.07) is 5.95. The summed E-state index contributed by atoms with van der Waals surface area (Å²) in [4.78, 5) is 6.97. The summed E-state index contributed by atoms with van der Waals surface area (Å²) in [5.74, 6) is 1.47. The lowest BCUT2D eigenvalue weighted by molar-refractivity contribution is 0.169. The average molecular weight is 294 g/mol. The minimum absolute atomic E-state index is 0.211. The molecule has 1 aliphatic rings. The van der Waals surface area contributed by atoms with Gasteiger partial charge in [0, 0.05) is 12.0 Å². The molecule has 0 saturated carbocycles. The van der Waals surface area contributed by atoms with Crippen molar-refractivity contribution in [2.24, 2.45) is 0 Å². The summed E-state index contributed by atoms with van der Waals surface area (Å²) in [6.07, 6.45) is 2.11. The highest BCUT2D eigenvalue weighted by molar-refractivity contribution is 6.32. The van der Waals surface area contributed by atoms with Gasteiger partial charge in [0.15, 0.2) is 11.0 Å². The van der Waals surface area contributed by atoms with Crippen LogP contribution in [0.3, 0.4) is 0 Å². The summed E-state index contributed by atoms with van der Waals surface area (Å²) in [6.45, 7) is 6.60. The molecule has 0 spiro atoms. The molecule has 4 nitrogen and oxygen atoms in total. The molecule has 0 atom stereocenters. The highest BCUT2D eigenvalue weighted by Crippen LogP contribution is 2.33. The van der Waals surface area contributed by atoms with Crippen molar-refractivity contribution >= 4 is 17.1 Å². The van der Waals surface area contributed by atoms with Crippen molar-refractivity contribution in [3.8, 4) is 5.88 Å². The van der Waals surface area contributed by atoms with Crippen LogP contribution in [0, 0.1) is 0 Å². The maximum absolute atomic E-state index is 10.1. The lowest BCUT2D eigenvalue weighted by Crippen LogP contribution is -2.38. The van der Waals surface area contributed by atoms with E-state index in [1.807, 2.05) is 6.07 Å². The molecular formula is C15H20ClN3O. The molecule has 0 unspecified atom stereocenters. The summed E-state index contributed by atoms with van der Waals surface area (Å²) >= 11 is 6.19. The normalized spacial score (nSPS) is 18.2. The van der Waals surface area contributed by atoms with Crippen molar-refractivity contribution in [1.29, 1.82) is 0 Å². The predicted molar refractivity (Wildman–Crippen MR) is 80.6 cm³/mol. The second-order valence-electron chi connectivity index (χ2n) is 5.77. The molecule has 1 fully saturated rings. The first-order chi connectivity index (χ1) is 9.58. The zero-order valence-corrected chi connectivity index (χ0v) is 12.6. The summed E-state index contributed by atoms with van der Waals surface area (Å²) in [5.41, 5.74) is 0.785. The highest BCUT2D eigenvalue weighted by atomic mass is 35.5. The Morgan fingerprint density at radius 1 is 1.30 bits per heavy atom. The van der Waals surface area contributed by atoms with E-state index < -0.39 is 0 Å². The zero-order chi connectivity index (χ0) is 14.3. The molecule has 3 heterocycles. The second kappa shape index (κ2) is 5.26. The van der Waals surface area contributed by atoms with Gasteiger partial charge in [-0.15, -0.1) is 0 Å². The molecule has 1 aliphatic heterocycles. The fourth-order valence-corrected chi connectivity index (χ4v) is 3.29. The minimum Gasteiger partial charge on any atom is -0.494 e. The Labute approximate surface area is 124 Å². The molecule has 0 aliphatic carbocycles. The number of nitrogens with zero attached hydrogens (tertiary/aromatic N) is 3. The lowest BCUT2D eigenvalue weighted by atomic mass is 9.95. The molecule has 2 aromatic rings. The van der Waals surface area contributed by atoms with Crippen molar-refractivity contribution in [3.63, 3.8) is 0 Å². The van der Waals surface area contributed by atoms with E-state index in [4.69, 9.17) is 11.6 Å². The predicted octanol–water partition coefficient (Wildman–Crippen LogP) is 3.28. The Morgan fingerprint density at radius 3 is 2.65 bits per heavy atom. The molecule has 0 radical (unpaired) electrons. The van der Waals surface area contributed by atoms with Gasteiger partial charge in [-0.05, 0) is 51.9 Å². The van der Waals surface area contributed by atoms with Crippen LogP contribution in [0.25, 0.3) is 5.52 Å². The number of rotatable bonds is 2. The number of halogens is 1. The van der Waals surface area contributed by atoms with Crippen molar-refractivity contribution in [1.82, 2.24) is 14.3 Å². The van der Waals surface area contributed by atoms with E-state index in [1.165, 1.54) is 0 Å². The first kappa shape index (κ1) is 13.7.